The molecule has 0 saturated heterocycles. The van der Waals surface area contributed by atoms with Crippen LogP contribution in [0.15, 0.2) is 54.7 Å². The molecule has 0 atom stereocenters. The van der Waals surface area contributed by atoms with Crippen LogP contribution in [-0.4, -0.2) is 15.3 Å². The van der Waals surface area contributed by atoms with Crippen molar-refractivity contribution in [2.75, 3.05) is 0 Å². The number of nitrogens with zero attached hydrogens (tertiary/aromatic N) is 1. The molecule has 0 aliphatic carbocycles. The SMILES string of the molecule is Oc1ccccc1-c1[nH]ncc1/C=C\c1ccc(Cl)cc1. The van der Waals surface area contributed by atoms with E-state index in [1.807, 2.05) is 48.6 Å². The predicted molar refractivity (Wildman–Crippen MR) is 86.1 cm³/mol. The Morgan fingerprint density at radius 1 is 1.00 bits per heavy atom. The van der Waals surface area contributed by atoms with E-state index in [9.17, 15) is 5.11 Å². The number of hydrogen-bond acceptors (Lipinski definition) is 2. The number of aromatic hydroxyl groups is 1. The van der Waals surface area contributed by atoms with Crippen LogP contribution in [-0.2, 0) is 0 Å². The minimum atomic E-state index is 0.225. The van der Waals surface area contributed by atoms with Gasteiger partial charge in [-0.3, -0.25) is 5.10 Å². The molecule has 0 bridgehead atoms. The topological polar surface area (TPSA) is 48.9 Å². The third kappa shape index (κ3) is 2.98. The summed E-state index contributed by atoms with van der Waals surface area (Å²) in [5.41, 5.74) is 3.47. The van der Waals surface area contributed by atoms with Gasteiger partial charge >= 0.3 is 0 Å². The lowest BCUT2D eigenvalue weighted by Gasteiger charge is -2.02. The fourth-order valence-corrected chi connectivity index (χ4v) is 2.21. The number of nitrogens with one attached hydrogen (secondary N) is 1. The van der Waals surface area contributed by atoms with Gasteiger partial charge in [0.2, 0.25) is 0 Å². The molecule has 0 radical (unpaired) electrons. The molecule has 0 saturated carbocycles. The first-order valence-electron chi connectivity index (χ1n) is 6.49. The van der Waals surface area contributed by atoms with Gasteiger partial charge in [-0.05, 0) is 29.8 Å². The summed E-state index contributed by atoms with van der Waals surface area (Å²) < 4.78 is 0. The zero-order valence-electron chi connectivity index (χ0n) is 11.1. The molecule has 3 nitrogen and oxygen atoms in total. The van der Waals surface area contributed by atoms with Crippen molar-refractivity contribution in [3.05, 3.63) is 70.9 Å². The largest absolute Gasteiger partial charge is 0.507 e. The number of para-hydroxylation sites is 1. The lowest BCUT2D eigenvalue weighted by Crippen LogP contribution is -1.82. The molecule has 2 aromatic carbocycles. The number of rotatable bonds is 3. The molecule has 2 N–H and O–H groups in total. The molecule has 0 unspecified atom stereocenters. The van der Waals surface area contributed by atoms with E-state index in [1.54, 1.807) is 18.3 Å². The maximum Gasteiger partial charge on any atom is 0.124 e. The van der Waals surface area contributed by atoms with Gasteiger partial charge in [0.25, 0.3) is 0 Å². The average molecular weight is 297 g/mol. The Hall–Kier alpha value is -2.52. The van der Waals surface area contributed by atoms with Gasteiger partial charge in [0, 0.05) is 16.1 Å². The fourth-order valence-electron chi connectivity index (χ4n) is 2.08. The molecule has 1 aromatic heterocycles. The van der Waals surface area contributed by atoms with Gasteiger partial charge in [-0.2, -0.15) is 5.10 Å². The molecule has 0 aliphatic rings. The van der Waals surface area contributed by atoms with Crippen molar-refractivity contribution < 1.29 is 5.11 Å². The highest BCUT2D eigenvalue weighted by molar-refractivity contribution is 6.30. The molecule has 0 aliphatic heterocycles. The van der Waals surface area contributed by atoms with E-state index in [4.69, 9.17) is 11.6 Å². The van der Waals surface area contributed by atoms with Crippen molar-refractivity contribution >= 4 is 23.8 Å². The van der Waals surface area contributed by atoms with Crippen molar-refractivity contribution in [2.24, 2.45) is 0 Å². The number of phenols is 1. The van der Waals surface area contributed by atoms with Crippen LogP contribution < -0.4 is 0 Å². The first-order chi connectivity index (χ1) is 10.2. The van der Waals surface area contributed by atoms with Gasteiger partial charge in [0.05, 0.1) is 11.9 Å². The predicted octanol–water partition coefficient (Wildman–Crippen LogP) is 4.61. The number of halogens is 1. The Labute approximate surface area is 127 Å². The zero-order valence-corrected chi connectivity index (χ0v) is 11.9. The standard InChI is InChI=1S/C17H13ClN2O/c18-14-9-6-12(7-10-14)5-8-13-11-19-20-17(13)15-3-1-2-4-16(15)21/h1-11,21H,(H,19,20)/b8-5-. The number of H-pyrrole nitrogens is 1. The van der Waals surface area contributed by atoms with Crippen LogP contribution in [0.2, 0.25) is 5.02 Å². The monoisotopic (exact) mass is 296 g/mol. The summed E-state index contributed by atoms with van der Waals surface area (Å²) in [6, 6.07) is 14.8. The Morgan fingerprint density at radius 2 is 1.76 bits per heavy atom. The van der Waals surface area contributed by atoms with E-state index >= 15 is 0 Å². The minimum Gasteiger partial charge on any atom is -0.507 e. The molecule has 4 heteroatoms. The van der Waals surface area contributed by atoms with Gasteiger partial charge in [-0.15, -0.1) is 0 Å². The summed E-state index contributed by atoms with van der Waals surface area (Å²) in [6.45, 7) is 0. The first kappa shape index (κ1) is 13.5. The van der Waals surface area contributed by atoms with E-state index < -0.39 is 0 Å². The molecule has 0 spiro atoms. The maximum absolute atomic E-state index is 9.94. The molecular weight excluding hydrogens is 284 g/mol. The van der Waals surface area contributed by atoms with Gasteiger partial charge in [0.1, 0.15) is 5.75 Å². The minimum absolute atomic E-state index is 0.225. The zero-order chi connectivity index (χ0) is 14.7. The Kier molecular flexibility index (Phi) is 3.75. The van der Waals surface area contributed by atoms with Crippen LogP contribution in [0, 0.1) is 0 Å². The van der Waals surface area contributed by atoms with E-state index in [0.717, 1.165) is 22.4 Å². The van der Waals surface area contributed by atoms with Crippen molar-refractivity contribution in [3.8, 4) is 17.0 Å². The number of benzene rings is 2. The van der Waals surface area contributed by atoms with Gasteiger partial charge < -0.3 is 5.11 Å². The summed E-state index contributed by atoms with van der Waals surface area (Å²) in [5, 5.41) is 17.6. The van der Waals surface area contributed by atoms with Crippen LogP contribution in [0.1, 0.15) is 11.1 Å². The number of phenolic OH excluding ortho intramolecular Hbond substituents is 1. The Morgan fingerprint density at radius 3 is 2.52 bits per heavy atom. The van der Waals surface area contributed by atoms with Crippen molar-refractivity contribution in [3.63, 3.8) is 0 Å². The highest BCUT2D eigenvalue weighted by Gasteiger charge is 2.08. The van der Waals surface area contributed by atoms with Crippen LogP contribution in [0.4, 0.5) is 0 Å². The van der Waals surface area contributed by atoms with E-state index in [2.05, 4.69) is 10.2 Å². The molecule has 3 aromatic rings. The van der Waals surface area contributed by atoms with Crippen molar-refractivity contribution in [1.82, 2.24) is 10.2 Å². The molecule has 0 amide bonds. The van der Waals surface area contributed by atoms with Crippen molar-refractivity contribution in [2.45, 2.75) is 0 Å². The van der Waals surface area contributed by atoms with Crippen LogP contribution in [0.5, 0.6) is 5.75 Å². The van der Waals surface area contributed by atoms with E-state index in [1.165, 1.54) is 0 Å². The van der Waals surface area contributed by atoms with E-state index in [0.29, 0.717) is 5.02 Å². The number of aromatic amines is 1. The average Bonchev–Trinajstić information content (AvgIpc) is 2.95. The van der Waals surface area contributed by atoms with E-state index in [-0.39, 0.29) is 5.75 Å². The van der Waals surface area contributed by atoms with Crippen LogP contribution in [0.25, 0.3) is 23.4 Å². The van der Waals surface area contributed by atoms with Gasteiger partial charge in [-0.25, -0.2) is 0 Å². The summed E-state index contributed by atoms with van der Waals surface area (Å²) in [7, 11) is 0. The maximum atomic E-state index is 9.94. The second-order valence-corrected chi connectivity index (χ2v) is 5.04. The van der Waals surface area contributed by atoms with Crippen LogP contribution >= 0.6 is 11.6 Å². The molecule has 104 valence electrons. The lowest BCUT2D eigenvalue weighted by atomic mass is 10.1. The highest BCUT2D eigenvalue weighted by Crippen LogP contribution is 2.30. The highest BCUT2D eigenvalue weighted by atomic mass is 35.5. The summed E-state index contributed by atoms with van der Waals surface area (Å²) in [5.74, 6) is 0.225. The molecule has 21 heavy (non-hydrogen) atoms. The quantitative estimate of drug-likeness (QED) is 0.741. The normalized spacial score (nSPS) is 11.1. The molecule has 3 rings (SSSR count). The Balaban J connectivity index is 1.93. The van der Waals surface area contributed by atoms with Gasteiger partial charge in [0.15, 0.2) is 0 Å². The fraction of sp³-hybridized carbons (Fsp3) is 0. The van der Waals surface area contributed by atoms with Crippen LogP contribution in [0.3, 0.4) is 0 Å². The second-order valence-electron chi connectivity index (χ2n) is 4.60. The van der Waals surface area contributed by atoms with Crippen molar-refractivity contribution in [1.29, 1.82) is 0 Å². The molecule has 1 heterocycles. The molecule has 0 fully saturated rings. The second kappa shape index (κ2) is 5.85. The number of aromatic nitrogens is 2. The number of hydrogen-bond donors (Lipinski definition) is 2. The lowest BCUT2D eigenvalue weighted by molar-refractivity contribution is 0.477. The summed E-state index contributed by atoms with van der Waals surface area (Å²) >= 11 is 5.87. The molecular formula is C17H13ClN2O. The third-order valence-corrected chi connectivity index (χ3v) is 3.42. The summed E-state index contributed by atoms with van der Waals surface area (Å²) in [4.78, 5) is 0. The summed E-state index contributed by atoms with van der Waals surface area (Å²) in [6.07, 6.45) is 5.66. The first-order valence-corrected chi connectivity index (χ1v) is 6.87. The smallest absolute Gasteiger partial charge is 0.124 e. The Bertz CT molecular complexity index is 775. The third-order valence-electron chi connectivity index (χ3n) is 3.17. The van der Waals surface area contributed by atoms with Gasteiger partial charge in [-0.1, -0.05) is 48.0 Å².